The highest BCUT2D eigenvalue weighted by atomic mass is 19.1. The number of halogens is 1. The van der Waals surface area contributed by atoms with Crippen molar-refractivity contribution in [3.05, 3.63) is 35.6 Å². The smallest absolute Gasteiger partial charge is 0.123 e. The monoisotopic (exact) mass is 210 g/mol. The molecule has 2 rings (SSSR count). The Hall–Kier alpha value is -0.930. The van der Waals surface area contributed by atoms with Gasteiger partial charge in [-0.1, -0.05) is 12.1 Å². The molecule has 3 heteroatoms. The van der Waals surface area contributed by atoms with Crippen molar-refractivity contribution in [3.8, 4) is 0 Å². The third kappa shape index (κ3) is 2.19. The number of rotatable bonds is 1. The number of ether oxygens (including phenoxy) is 1. The molecule has 1 saturated heterocycles. The van der Waals surface area contributed by atoms with E-state index in [1.165, 1.54) is 12.1 Å². The fraction of sp³-hybridized carbons (Fsp3) is 0.500. The lowest BCUT2D eigenvalue weighted by Crippen LogP contribution is -2.37. The summed E-state index contributed by atoms with van der Waals surface area (Å²) in [5.74, 6) is -0.251. The van der Waals surface area contributed by atoms with E-state index in [0.717, 1.165) is 5.56 Å². The van der Waals surface area contributed by atoms with Gasteiger partial charge >= 0.3 is 0 Å². The van der Waals surface area contributed by atoms with Crippen LogP contribution < -0.4 is 0 Å². The summed E-state index contributed by atoms with van der Waals surface area (Å²) < 4.78 is 18.4. The van der Waals surface area contributed by atoms with E-state index in [1.54, 1.807) is 12.1 Å². The van der Waals surface area contributed by atoms with E-state index in [9.17, 15) is 9.50 Å². The zero-order chi connectivity index (χ0) is 10.9. The lowest BCUT2D eigenvalue weighted by Gasteiger charge is -2.36. The van der Waals surface area contributed by atoms with E-state index in [0.29, 0.717) is 19.4 Å². The minimum atomic E-state index is -0.481. The van der Waals surface area contributed by atoms with Gasteiger partial charge in [0, 0.05) is 6.42 Å². The van der Waals surface area contributed by atoms with Gasteiger partial charge in [-0.05, 0) is 31.0 Å². The second kappa shape index (κ2) is 3.91. The fourth-order valence-corrected chi connectivity index (χ4v) is 2.03. The first kappa shape index (κ1) is 10.6. The minimum Gasteiger partial charge on any atom is -0.393 e. The first-order valence-corrected chi connectivity index (χ1v) is 5.18. The average molecular weight is 210 g/mol. The Morgan fingerprint density at radius 2 is 2.07 bits per heavy atom. The van der Waals surface area contributed by atoms with Crippen molar-refractivity contribution in [3.63, 3.8) is 0 Å². The second-order valence-electron chi connectivity index (χ2n) is 4.23. The number of hydrogen-bond donors (Lipinski definition) is 1. The first-order chi connectivity index (χ1) is 7.10. The molecule has 0 aliphatic carbocycles. The molecule has 0 spiro atoms. The lowest BCUT2D eigenvalue weighted by molar-refractivity contribution is -0.112. The summed E-state index contributed by atoms with van der Waals surface area (Å²) >= 11 is 0. The quantitative estimate of drug-likeness (QED) is 0.770. The molecule has 1 aliphatic heterocycles. The molecule has 15 heavy (non-hydrogen) atoms. The topological polar surface area (TPSA) is 29.5 Å². The van der Waals surface area contributed by atoms with Crippen molar-refractivity contribution in [2.24, 2.45) is 0 Å². The highest BCUT2D eigenvalue weighted by Gasteiger charge is 2.33. The summed E-state index contributed by atoms with van der Waals surface area (Å²) in [6.45, 7) is 2.48. The van der Waals surface area contributed by atoms with Crippen LogP contribution in [0.25, 0.3) is 0 Å². The van der Waals surface area contributed by atoms with Crippen LogP contribution in [0.3, 0.4) is 0 Å². The maximum Gasteiger partial charge on any atom is 0.123 e. The molecule has 1 N–H and O–H groups in total. The summed E-state index contributed by atoms with van der Waals surface area (Å²) in [5.41, 5.74) is 0.438. The van der Waals surface area contributed by atoms with Crippen LogP contribution in [0.1, 0.15) is 25.3 Å². The van der Waals surface area contributed by atoms with Gasteiger partial charge in [-0.2, -0.15) is 0 Å². The number of aliphatic hydroxyl groups excluding tert-OH is 1. The third-order valence-electron chi connectivity index (χ3n) is 2.95. The van der Waals surface area contributed by atoms with E-state index in [2.05, 4.69) is 0 Å². The van der Waals surface area contributed by atoms with Gasteiger partial charge in [-0.15, -0.1) is 0 Å². The average Bonchev–Trinajstić information content (AvgIpc) is 2.18. The van der Waals surface area contributed by atoms with Gasteiger partial charge in [-0.25, -0.2) is 4.39 Å². The van der Waals surface area contributed by atoms with E-state index in [-0.39, 0.29) is 11.9 Å². The molecular weight excluding hydrogens is 195 g/mol. The number of aliphatic hydroxyl groups is 1. The Kier molecular flexibility index (Phi) is 2.76. The van der Waals surface area contributed by atoms with Crippen LogP contribution in [0.2, 0.25) is 0 Å². The molecule has 0 bridgehead atoms. The molecule has 0 saturated carbocycles. The van der Waals surface area contributed by atoms with Crippen LogP contribution in [0.15, 0.2) is 24.3 Å². The maximum atomic E-state index is 12.8. The van der Waals surface area contributed by atoms with Gasteiger partial charge in [0.25, 0.3) is 0 Å². The van der Waals surface area contributed by atoms with Gasteiger partial charge in [0.1, 0.15) is 5.82 Å². The summed E-state index contributed by atoms with van der Waals surface area (Å²) in [4.78, 5) is 0. The normalized spacial score (nSPS) is 31.5. The van der Waals surface area contributed by atoms with Crippen molar-refractivity contribution in [1.82, 2.24) is 0 Å². The van der Waals surface area contributed by atoms with Crippen LogP contribution in [-0.4, -0.2) is 17.8 Å². The van der Waals surface area contributed by atoms with Crippen molar-refractivity contribution in [1.29, 1.82) is 0 Å². The number of benzene rings is 1. The molecule has 2 nitrogen and oxygen atoms in total. The summed E-state index contributed by atoms with van der Waals surface area (Å²) in [6, 6.07) is 6.27. The molecule has 1 aromatic carbocycles. The predicted molar refractivity (Wildman–Crippen MR) is 54.9 cm³/mol. The zero-order valence-electron chi connectivity index (χ0n) is 8.74. The summed E-state index contributed by atoms with van der Waals surface area (Å²) in [6.07, 6.45) is 0.920. The maximum absolute atomic E-state index is 12.8. The van der Waals surface area contributed by atoms with Crippen LogP contribution >= 0.6 is 0 Å². The molecular formula is C12H15FO2. The third-order valence-corrected chi connectivity index (χ3v) is 2.95. The van der Waals surface area contributed by atoms with Crippen LogP contribution in [0.5, 0.6) is 0 Å². The minimum absolute atomic E-state index is 0.251. The molecule has 1 aliphatic rings. The predicted octanol–water partition coefficient (Wildman–Crippen LogP) is 2.21. The molecule has 0 radical (unpaired) electrons. The molecule has 2 unspecified atom stereocenters. The number of hydrogen-bond acceptors (Lipinski definition) is 2. The Morgan fingerprint density at radius 1 is 1.40 bits per heavy atom. The molecule has 1 fully saturated rings. The van der Waals surface area contributed by atoms with E-state index in [4.69, 9.17) is 4.74 Å². The van der Waals surface area contributed by atoms with Crippen LogP contribution in [0, 0.1) is 5.82 Å². The summed E-state index contributed by atoms with van der Waals surface area (Å²) in [5, 5.41) is 9.61. The Balaban J connectivity index is 2.24. The Bertz CT molecular complexity index is 336. The Labute approximate surface area is 88.7 Å². The fourth-order valence-electron chi connectivity index (χ4n) is 2.03. The van der Waals surface area contributed by atoms with Crippen molar-refractivity contribution in [2.45, 2.75) is 31.5 Å². The van der Waals surface area contributed by atoms with Gasteiger partial charge in [0.05, 0.1) is 18.3 Å². The molecule has 2 atom stereocenters. The largest absolute Gasteiger partial charge is 0.393 e. The van der Waals surface area contributed by atoms with E-state index < -0.39 is 5.60 Å². The standard InChI is InChI=1S/C12H15FO2/c1-12(8-11(14)6-7-15-12)9-2-4-10(13)5-3-9/h2-5,11,14H,6-8H2,1H3. The van der Waals surface area contributed by atoms with Gasteiger partial charge in [0.2, 0.25) is 0 Å². The van der Waals surface area contributed by atoms with Gasteiger partial charge < -0.3 is 9.84 Å². The highest BCUT2D eigenvalue weighted by molar-refractivity contribution is 5.23. The van der Waals surface area contributed by atoms with Crippen molar-refractivity contribution in [2.75, 3.05) is 6.61 Å². The zero-order valence-corrected chi connectivity index (χ0v) is 8.74. The van der Waals surface area contributed by atoms with Gasteiger partial charge in [-0.3, -0.25) is 0 Å². The molecule has 1 aromatic rings. The second-order valence-corrected chi connectivity index (χ2v) is 4.23. The van der Waals surface area contributed by atoms with E-state index in [1.807, 2.05) is 6.92 Å². The highest BCUT2D eigenvalue weighted by Crippen LogP contribution is 2.34. The first-order valence-electron chi connectivity index (χ1n) is 5.18. The molecule has 82 valence electrons. The van der Waals surface area contributed by atoms with Crippen molar-refractivity contribution < 1.29 is 14.2 Å². The molecule has 1 heterocycles. The molecule has 0 aromatic heterocycles. The lowest BCUT2D eigenvalue weighted by atomic mass is 9.87. The summed E-state index contributed by atoms with van der Waals surface area (Å²) in [7, 11) is 0. The van der Waals surface area contributed by atoms with Crippen LogP contribution in [0.4, 0.5) is 4.39 Å². The van der Waals surface area contributed by atoms with Crippen LogP contribution in [-0.2, 0) is 10.3 Å². The van der Waals surface area contributed by atoms with Gasteiger partial charge in [0.15, 0.2) is 0 Å². The Morgan fingerprint density at radius 3 is 2.67 bits per heavy atom. The van der Waals surface area contributed by atoms with E-state index >= 15 is 0 Å². The molecule has 0 amide bonds. The van der Waals surface area contributed by atoms with Crippen molar-refractivity contribution >= 4 is 0 Å². The SMILES string of the molecule is CC1(c2ccc(F)cc2)CC(O)CCO1.